The summed E-state index contributed by atoms with van der Waals surface area (Å²) in [6.07, 6.45) is 3.65. The van der Waals surface area contributed by atoms with Gasteiger partial charge in [0, 0.05) is 6.54 Å². The van der Waals surface area contributed by atoms with Crippen molar-refractivity contribution in [3.8, 4) is 11.3 Å². The van der Waals surface area contributed by atoms with Crippen LogP contribution in [-0.2, 0) is 11.3 Å². The third-order valence-corrected chi connectivity index (χ3v) is 5.05. The predicted molar refractivity (Wildman–Crippen MR) is 102 cm³/mol. The summed E-state index contributed by atoms with van der Waals surface area (Å²) >= 11 is 2.74. The van der Waals surface area contributed by atoms with Gasteiger partial charge in [-0.1, -0.05) is 59.5 Å². The Morgan fingerprint density at radius 1 is 1.36 bits per heavy atom. The molecule has 2 heterocycles. The number of thioether (sulfide) groups is 1. The Balaban J connectivity index is 1.70. The molecule has 2 aromatic heterocycles. The Labute approximate surface area is 154 Å². The van der Waals surface area contributed by atoms with Crippen LogP contribution in [0.4, 0.5) is 5.13 Å². The van der Waals surface area contributed by atoms with Crippen LogP contribution in [0.1, 0.15) is 5.01 Å². The topological polar surface area (TPSA) is 72.7 Å². The summed E-state index contributed by atoms with van der Waals surface area (Å²) in [6, 6.07) is 10.0. The summed E-state index contributed by atoms with van der Waals surface area (Å²) in [6.45, 7) is 6.29. The molecule has 0 aliphatic carbocycles. The molecule has 1 aromatic carbocycles. The lowest BCUT2D eigenvalue weighted by Crippen LogP contribution is -2.14. The number of carbonyl (C=O) groups is 1. The zero-order valence-electron chi connectivity index (χ0n) is 13.7. The van der Waals surface area contributed by atoms with E-state index in [0.717, 1.165) is 21.4 Å². The van der Waals surface area contributed by atoms with Crippen molar-refractivity contribution >= 4 is 34.1 Å². The first kappa shape index (κ1) is 17.4. The van der Waals surface area contributed by atoms with Crippen molar-refractivity contribution in [1.82, 2.24) is 19.7 Å². The van der Waals surface area contributed by atoms with Gasteiger partial charge in [-0.25, -0.2) is 4.98 Å². The molecular weight excluding hydrogens is 354 g/mol. The van der Waals surface area contributed by atoms with Gasteiger partial charge in [-0.05, 0) is 12.5 Å². The third kappa shape index (κ3) is 4.34. The summed E-state index contributed by atoms with van der Waals surface area (Å²) in [4.78, 5) is 16.6. The molecule has 25 heavy (non-hydrogen) atoms. The molecule has 0 saturated carbocycles. The van der Waals surface area contributed by atoms with Crippen molar-refractivity contribution in [1.29, 1.82) is 0 Å². The molecule has 1 N–H and O–H groups in total. The minimum Gasteiger partial charge on any atom is -0.315 e. The normalized spacial score (nSPS) is 10.6. The highest BCUT2D eigenvalue weighted by atomic mass is 32.2. The van der Waals surface area contributed by atoms with Gasteiger partial charge < -0.3 is 4.57 Å². The molecule has 0 aliphatic rings. The standard InChI is InChI=1S/C17H17N5OS2/c1-3-9-22-14(13-7-5-4-6-8-13)10-18-17(22)24-11-15(23)19-16-21-20-12(2)25-16/h3-8,10H,1,9,11H2,2H3,(H,19,21,23). The van der Waals surface area contributed by atoms with Gasteiger partial charge in [0.15, 0.2) is 5.16 Å². The maximum absolute atomic E-state index is 12.1. The monoisotopic (exact) mass is 371 g/mol. The maximum Gasteiger partial charge on any atom is 0.236 e. The molecule has 0 aliphatic heterocycles. The molecule has 0 bridgehead atoms. The Kier molecular flexibility index (Phi) is 5.62. The first-order chi connectivity index (χ1) is 12.2. The van der Waals surface area contributed by atoms with Crippen LogP contribution in [0.2, 0.25) is 0 Å². The van der Waals surface area contributed by atoms with Crippen molar-refractivity contribution in [2.24, 2.45) is 0 Å². The summed E-state index contributed by atoms with van der Waals surface area (Å²) in [5, 5.41) is 12.6. The molecule has 1 amide bonds. The van der Waals surface area contributed by atoms with Crippen LogP contribution in [0.5, 0.6) is 0 Å². The molecule has 6 nitrogen and oxygen atoms in total. The van der Waals surface area contributed by atoms with Crippen molar-refractivity contribution in [2.75, 3.05) is 11.1 Å². The minimum absolute atomic E-state index is 0.129. The van der Waals surface area contributed by atoms with E-state index in [0.29, 0.717) is 11.7 Å². The molecule has 3 aromatic rings. The summed E-state index contributed by atoms with van der Waals surface area (Å²) in [7, 11) is 0. The smallest absolute Gasteiger partial charge is 0.236 e. The maximum atomic E-state index is 12.1. The molecule has 0 saturated heterocycles. The van der Waals surface area contributed by atoms with E-state index in [1.54, 1.807) is 0 Å². The lowest BCUT2D eigenvalue weighted by Gasteiger charge is -2.09. The van der Waals surface area contributed by atoms with E-state index in [1.165, 1.54) is 23.1 Å². The number of aryl methyl sites for hydroxylation is 1. The predicted octanol–water partition coefficient (Wildman–Crippen LogP) is 3.63. The lowest BCUT2D eigenvalue weighted by molar-refractivity contribution is -0.113. The van der Waals surface area contributed by atoms with Crippen LogP contribution >= 0.6 is 23.1 Å². The van der Waals surface area contributed by atoms with E-state index < -0.39 is 0 Å². The first-order valence-corrected chi connectivity index (χ1v) is 9.42. The number of amides is 1. The number of anilines is 1. The molecule has 0 unspecified atom stereocenters. The molecule has 0 fully saturated rings. The van der Waals surface area contributed by atoms with E-state index in [1.807, 2.05) is 49.5 Å². The van der Waals surface area contributed by atoms with Crippen molar-refractivity contribution in [3.63, 3.8) is 0 Å². The largest absolute Gasteiger partial charge is 0.315 e. The molecular formula is C17H17N5OS2. The van der Waals surface area contributed by atoms with Crippen LogP contribution in [0.3, 0.4) is 0 Å². The van der Waals surface area contributed by atoms with Gasteiger partial charge in [0.1, 0.15) is 5.01 Å². The number of rotatable bonds is 7. The quantitative estimate of drug-likeness (QED) is 0.507. The van der Waals surface area contributed by atoms with Crippen molar-refractivity contribution in [3.05, 3.63) is 54.2 Å². The number of imidazole rings is 1. The van der Waals surface area contributed by atoms with Gasteiger partial charge in [0.2, 0.25) is 11.0 Å². The number of hydrogen-bond acceptors (Lipinski definition) is 6. The number of allylic oxidation sites excluding steroid dienone is 1. The Morgan fingerprint density at radius 3 is 2.84 bits per heavy atom. The molecule has 0 radical (unpaired) electrons. The van der Waals surface area contributed by atoms with Gasteiger partial charge >= 0.3 is 0 Å². The Morgan fingerprint density at radius 2 is 2.16 bits per heavy atom. The van der Waals surface area contributed by atoms with E-state index in [-0.39, 0.29) is 11.7 Å². The molecule has 0 atom stereocenters. The summed E-state index contributed by atoms with van der Waals surface area (Å²) in [5.74, 6) is 0.122. The first-order valence-electron chi connectivity index (χ1n) is 7.62. The number of nitrogens with zero attached hydrogens (tertiary/aromatic N) is 4. The molecule has 3 rings (SSSR count). The minimum atomic E-state index is -0.129. The zero-order chi connectivity index (χ0) is 17.6. The number of carbonyl (C=O) groups excluding carboxylic acids is 1. The lowest BCUT2D eigenvalue weighted by atomic mass is 10.2. The average Bonchev–Trinajstić information content (AvgIpc) is 3.20. The fourth-order valence-electron chi connectivity index (χ4n) is 2.25. The fourth-order valence-corrected chi connectivity index (χ4v) is 3.65. The van der Waals surface area contributed by atoms with E-state index >= 15 is 0 Å². The van der Waals surface area contributed by atoms with E-state index in [2.05, 4.69) is 31.6 Å². The van der Waals surface area contributed by atoms with Gasteiger partial charge in [-0.3, -0.25) is 10.1 Å². The highest BCUT2D eigenvalue weighted by Gasteiger charge is 2.13. The van der Waals surface area contributed by atoms with Crippen LogP contribution in [0, 0.1) is 6.92 Å². The second-order valence-corrected chi connectivity index (χ2v) is 7.28. The Hall–Kier alpha value is -2.45. The fraction of sp³-hybridized carbons (Fsp3) is 0.176. The SMILES string of the molecule is C=CCn1c(-c2ccccc2)cnc1SCC(=O)Nc1nnc(C)s1. The van der Waals surface area contributed by atoms with Crippen LogP contribution < -0.4 is 5.32 Å². The third-order valence-electron chi connectivity index (χ3n) is 3.30. The van der Waals surface area contributed by atoms with Gasteiger partial charge in [0.25, 0.3) is 0 Å². The molecule has 8 heteroatoms. The highest BCUT2D eigenvalue weighted by Crippen LogP contribution is 2.26. The number of aromatic nitrogens is 4. The average molecular weight is 371 g/mol. The van der Waals surface area contributed by atoms with Crippen molar-refractivity contribution < 1.29 is 4.79 Å². The number of nitrogens with one attached hydrogen (secondary N) is 1. The number of benzene rings is 1. The summed E-state index contributed by atoms with van der Waals surface area (Å²) < 4.78 is 2.05. The highest BCUT2D eigenvalue weighted by molar-refractivity contribution is 7.99. The van der Waals surface area contributed by atoms with Crippen LogP contribution in [0.25, 0.3) is 11.3 Å². The van der Waals surface area contributed by atoms with Gasteiger partial charge in [-0.15, -0.1) is 16.8 Å². The van der Waals surface area contributed by atoms with Gasteiger partial charge in [0.05, 0.1) is 17.6 Å². The molecule has 128 valence electrons. The molecule has 0 spiro atoms. The van der Waals surface area contributed by atoms with E-state index in [4.69, 9.17) is 0 Å². The van der Waals surface area contributed by atoms with Crippen LogP contribution in [0.15, 0.2) is 54.3 Å². The number of hydrogen-bond donors (Lipinski definition) is 1. The van der Waals surface area contributed by atoms with Gasteiger partial charge in [-0.2, -0.15) is 0 Å². The van der Waals surface area contributed by atoms with E-state index in [9.17, 15) is 4.79 Å². The zero-order valence-corrected chi connectivity index (χ0v) is 15.3. The van der Waals surface area contributed by atoms with Crippen molar-refractivity contribution in [2.45, 2.75) is 18.6 Å². The Bertz CT molecular complexity index is 872. The van der Waals surface area contributed by atoms with Crippen LogP contribution in [-0.4, -0.2) is 31.4 Å². The summed E-state index contributed by atoms with van der Waals surface area (Å²) in [5.41, 5.74) is 2.08. The second kappa shape index (κ2) is 8.09. The second-order valence-electron chi connectivity index (χ2n) is 5.15.